The van der Waals surface area contributed by atoms with E-state index in [9.17, 15) is 0 Å². The first-order valence-corrected chi connectivity index (χ1v) is 5.41. The number of aromatic nitrogens is 1. The van der Waals surface area contributed by atoms with Crippen LogP contribution >= 0.6 is 0 Å². The Balaban J connectivity index is 2.71. The molecular formula is C15H15N. The molecule has 1 heterocycles. The van der Waals surface area contributed by atoms with Crippen molar-refractivity contribution in [2.45, 2.75) is 13.8 Å². The van der Waals surface area contributed by atoms with Gasteiger partial charge in [0.2, 0.25) is 0 Å². The molecule has 0 radical (unpaired) electrons. The minimum Gasteiger partial charge on any atom is -0.248 e. The molecule has 1 aromatic carbocycles. The van der Waals surface area contributed by atoms with Crippen molar-refractivity contribution in [1.29, 1.82) is 0 Å². The van der Waals surface area contributed by atoms with Crippen LogP contribution in [0, 0.1) is 6.92 Å². The van der Waals surface area contributed by atoms with Gasteiger partial charge in [-0.3, -0.25) is 0 Å². The quantitative estimate of drug-likeness (QED) is 0.677. The van der Waals surface area contributed by atoms with Crippen LogP contribution in [0.2, 0.25) is 0 Å². The van der Waals surface area contributed by atoms with Crippen molar-refractivity contribution in [2.24, 2.45) is 0 Å². The molecule has 1 heteroatoms. The topological polar surface area (TPSA) is 12.9 Å². The summed E-state index contributed by atoms with van der Waals surface area (Å²) in [5, 5.41) is 1.21. The molecular weight excluding hydrogens is 194 g/mol. The smallest absolute Gasteiger partial charge is 0.0712 e. The molecule has 0 fully saturated rings. The lowest BCUT2D eigenvalue weighted by Crippen LogP contribution is -1.90. The van der Waals surface area contributed by atoms with E-state index in [0.29, 0.717) is 0 Å². The number of hydrogen-bond donors (Lipinski definition) is 0. The van der Waals surface area contributed by atoms with E-state index in [4.69, 9.17) is 0 Å². The normalized spacial score (nSPS) is 11.8. The lowest BCUT2D eigenvalue weighted by molar-refractivity contribution is 1.31. The van der Waals surface area contributed by atoms with Gasteiger partial charge in [0, 0.05) is 5.39 Å². The van der Waals surface area contributed by atoms with E-state index >= 15 is 0 Å². The van der Waals surface area contributed by atoms with Crippen LogP contribution in [-0.2, 0) is 0 Å². The lowest BCUT2D eigenvalue weighted by Gasteiger charge is -2.06. The molecule has 0 atom stereocenters. The summed E-state index contributed by atoms with van der Waals surface area (Å²) in [6.07, 6.45) is 3.88. The summed E-state index contributed by atoms with van der Waals surface area (Å²) in [6.45, 7) is 7.93. The first-order chi connectivity index (χ1) is 7.76. The minimum absolute atomic E-state index is 0.994. The number of benzene rings is 1. The molecule has 16 heavy (non-hydrogen) atoms. The molecule has 2 aromatic rings. The zero-order valence-corrected chi connectivity index (χ0v) is 9.70. The highest BCUT2D eigenvalue weighted by Gasteiger charge is 2.03. The van der Waals surface area contributed by atoms with Crippen LogP contribution in [0.25, 0.3) is 16.5 Å². The van der Waals surface area contributed by atoms with Crippen LogP contribution < -0.4 is 0 Å². The number of nitrogens with zero attached hydrogens (tertiary/aromatic N) is 1. The Morgan fingerprint density at radius 1 is 1.31 bits per heavy atom. The molecule has 0 unspecified atom stereocenters. The van der Waals surface area contributed by atoms with Gasteiger partial charge in [0.25, 0.3) is 0 Å². The third-order valence-corrected chi connectivity index (χ3v) is 2.75. The maximum Gasteiger partial charge on any atom is 0.0712 e. The van der Waals surface area contributed by atoms with E-state index in [2.05, 4.69) is 30.6 Å². The molecule has 0 saturated heterocycles. The van der Waals surface area contributed by atoms with Crippen LogP contribution in [0.5, 0.6) is 0 Å². The highest BCUT2D eigenvalue weighted by atomic mass is 14.7. The Labute approximate surface area is 96.1 Å². The number of hydrogen-bond acceptors (Lipinski definition) is 1. The molecule has 0 N–H and O–H groups in total. The van der Waals surface area contributed by atoms with Gasteiger partial charge < -0.3 is 0 Å². The number of rotatable bonds is 2. The number of allylic oxidation sites excluding steroid dienone is 3. The highest BCUT2D eigenvalue weighted by molar-refractivity contribution is 5.85. The van der Waals surface area contributed by atoms with Gasteiger partial charge in [-0.05, 0) is 37.1 Å². The summed E-state index contributed by atoms with van der Waals surface area (Å²) in [5.41, 5.74) is 4.36. The van der Waals surface area contributed by atoms with Crippen LogP contribution in [0.15, 0.2) is 49.1 Å². The average Bonchev–Trinajstić information content (AvgIpc) is 2.31. The Hall–Kier alpha value is -1.89. The number of aryl methyl sites for hydroxylation is 1. The molecule has 1 nitrogen and oxygen atoms in total. The van der Waals surface area contributed by atoms with Gasteiger partial charge in [-0.1, -0.05) is 36.9 Å². The predicted molar refractivity (Wildman–Crippen MR) is 70.3 cm³/mol. The van der Waals surface area contributed by atoms with Crippen molar-refractivity contribution < 1.29 is 0 Å². The van der Waals surface area contributed by atoms with Crippen LogP contribution in [0.3, 0.4) is 0 Å². The van der Waals surface area contributed by atoms with E-state index in [-0.39, 0.29) is 0 Å². The van der Waals surface area contributed by atoms with E-state index in [1.54, 1.807) is 0 Å². The van der Waals surface area contributed by atoms with Crippen LogP contribution in [0.1, 0.15) is 18.2 Å². The van der Waals surface area contributed by atoms with E-state index < -0.39 is 0 Å². The largest absolute Gasteiger partial charge is 0.248 e. The number of para-hydroxylation sites is 1. The van der Waals surface area contributed by atoms with Gasteiger partial charge >= 0.3 is 0 Å². The molecule has 2 rings (SSSR count). The molecule has 0 aliphatic heterocycles. The Morgan fingerprint density at radius 2 is 2.06 bits per heavy atom. The van der Waals surface area contributed by atoms with Gasteiger partial charge in [-0.15, -0.1) is 0 Å². The predicted octanol–water partition coefficient (Wildman–Crippen LogP) is 4.13. The molecule has 80 valence electrons. The Kier molecular flexibility index (Phi) is 2.86. The summed E-state index contributed by atoms with van der Waals surface area (Å²) in [5.74, 6) is 0. The van der Waals surface area contributed by atoms with Gasteiger partial charge in [0.15, 0.2) is 0 Å². The van der Waals surface area contributed by atoms with Gasteiger partial charge in [-0.25, -0.2) is 4.98 Å². The van der Waals surface area contributed by atoms with Crippen LogP contribution in [-0.4, -0.2) is 4.98 Å². The molecule has 0 aliphatic carbocycles. The van der Waals surface area contributed by atoms with Gasteiger partial charge in [0.05, 0.1) is 11.2 Å². The van der Waals surface area contributed by atoms with E-state index in [0.717, 1.165) is 16.8 Å². The molecule has 1 aromatic heterocycles. The molecule has 0 bridgehead atoms. The fourth-order valence-corrected chi connectivity index (χ4v) is 1.87. The third kappa shape index (κ3) is 1.76. The maximum atomic E-state index is 4.64. The van der Waals surface area contributed by atoms with Crippen molar-refractivity contribution in [1.82, 2.24) is 4.98 Å². The number of fused-ring (bicyclic) bond motifs is 1. The van der Waals surface area contributed by atoms with Gasteiger partial charge in [0.1, 0.15) is 0 Å². The monoisotopic (exact) mass is 209 g/mol. The summed E-state index contributed by atoms with van der Waals surface area (Å²) < 4.78 is 0. The fraction of sp³-hybridized carbons (Fsp3) is 0.133. The average molecular weight is 209 g/mol. The van der Waals surface area contributed by atoms with Gasteiger partial charge in [-0.2, -0.15) is 0 Å². The van der Waals surface area contributed by atoms with Crippen molar-refractivity contribution in [3.8, 4) is 0 Å². The minimum atomic E-state index is 0.994. The van der Waals surface area contributed by atoms with E-state index in [1.165, 1.54) is 10.9 Å². The first-order valence-electron chi connectivity index (χ1n) is 5.41. The highest BCUT2D eigenvalue weighted by Crippen LogP contribution is 2.21. The summed E-state index contributed by atoms with van der Waals surface area (Å²) in [6, 6.07) is 10.3. The summed E-state index contributed by atoms with van der Waals surface area (Å²) >= 11 is 0. The van der Waals surface area contributed by atoms with Crippen LogP contribution in [0.4, 0.5) is 0 Å². The Bertz CT molecular complexity index is 565. The zero-order chi connectivity index (χ0) is 11.5. The second-order valence-corrected chi connectivity index (χ2v) is 3.79. The first kappa shape index (κ1) is 10.6. The second-order valence-electron chi connectivity index (χ2n) is 3.79. The maximum absolute atomic E-state index is 4.64. The molecule has 0 saturated carbocycles. The molecule has 0 spiro atoms. The summed E-state index contributed by atoms with van der Waals surface area (Å²) in [4.78, 5) is 4.64. The van der Waals surface area contributed by atoms with Crippen molar-refractivity contribution >= 4 is 16.5 Å². The summed E-state index contributed by atoms with van der Waals surface area (Å²) in [7, 11) is 0. The van der Waals surface area contributed by atoms with Crippen molar-refractivity contribution in [3.05, 3.63) is 60.3 Å². The number of pyridine rings is 1. The Morgan fingerprint density at radius 3 is 2.75 bits per heavy atom. The third-order valence-electron chi connectivity index (χ3n) is 2.75. The lowest BCUT2D eigenvalue weighted by atomic mass is 10.1. The fourth-order valence-electron chi connectivity index (χ4n) is 1.87. The molecule has 0 amide bonds. The zero-order valence-electron chi connectivity index (χ0n) is 9.70. The van der Waals surface area contributed by atoms with E-state index in [1.807, 2.05) is 37.3 Å². The SMILES string of the molecule is C=C/C(=C\C)c1cc(C)c2ccccc2n1. The van der Waals surface area contributed by atoms with Crippen molar-refractivity contribution in [3.63, 3.8) is 0 Å². The standard InChI is InChI=1S/C15H15N/c1-4-12(5-2)15-10-11(3)13-8-6-7-9-14(13)16-15/h4-10H,1H2,2-3H3/b12-5+. The molecule has 0 aliphatic rings. The second kappa shape index (κ2) is 4.31. The van der Waals surface area contributed by atoms with Crippen molar-refractivity contribution in [2.75, 3.05) is 0 Å².